The molecule has 0 aliphatic rings. The first-order valence-corrected chi connectivity index (χ1v) is 4.95. The molecule has 0 aliphatic carbocycles. The van der Waals surface area contributed by atoms with E-state index < -0.39 is 12.4 Å². The van der Waals surface area contributed by atoms with Gasteiger partial charge in [0.25, 0.3) is 0 Å². The van der Waals surface area contributed by atoms with Gasteiger partial charge in [-0.2, -0.15) is 0 Å². The molecule has 15 heavy (non-hydrogen) atoms. The van der Waals surface area contributed by atoms with E-state index in [1.54, 1.807) is 6.92 Å². The molecule has 0 aromatic heterocycles. The zero-order chi connectivity index (χ0) is 11.3. The SMILES string of the molecule is [CH2]COC(Oc1cccc(C)c1)C(C)O. The predicted molar refractivity (Wildman–Crippen MR) is 58.6 cm³/mol. The first-order chi connectivity index (χ1) is 7.13. The van der Waals surface area contributed by atoms with Crippen LogP contribution in [0, 0.1) is 13.8 Å². The Morgan fingerprint density at radius 2 is 2.20 bits per heavy atom. The number of hydrogen-bond donors (Lipinski definition) is 1. The number of ether oxygens (including phenoxy) is 2. The van der Waals surface area contributed by atoms with Crippen LogP contribution in [0.25, 0.3) is 0 Å². The summed E-state index contributed by atoms with van der Waals surface area (Å²) in [5, 5.41) is 9.40. The maximum absolute atomic E-state index is 9.40. The fourth-order valence-corrected chi connectivity index (χ4v) is 1.21. The second kappa shape index (κ2) is 5.73. The summed E-state index contributed by atoms with van der Waals surface area (Å²) in [6.45, 7) is 7.42. The van der Waals surface area contributed by atoms with E-state index in [0.717, 1.165) is 5.56 Å². The van der Waals surface area contributed by atoms with Gasteiger partial charge in [-0.15, -0.1) is 0 Å². The van der Waals surface area contributed by atoms with E-state index in [9.17, 15) is 5.11 Å². The number of benzene rings is 1. The highest BCUT2D eigenvalue weighted by molar-refractivity contribution is 5.27. The van der Waals surface area contributed by atoms with E-state index in [1.165, 1.54) is 0 Å². The van der Waals surface area contributed by atoms with Gasteiger partial charge in [0.15, 0.2) is 0 Å². The van der Waals surface area contributed by atoms with Crippen LogP contribution in [0.15, 0.2) is 24.3 Å². The molecule has 1 radical (unpaired) electrons. The third kappa shape index (κ3) is 3.90. The minimum atomic E-state index is -0.688. The molecular formula is C12H17O3. The van der Waals surface area contributed by atoms with E-state index in [4.69, 9.17) is 9.47 Å². The van der Waals surface area contributed by atoms with Crippen molar-refractivity contribution in [3.63, 3.8) is 0 Å². The van der Waals surface area contributed by atoms with Crippen LogP contribution in [0.1, 0.15) is 12.5 Å². The smallest absolute Gasteiger partial charge is 0.225 e. The molecule has 3 nitrogen and oxygen atoms in total. The monoisotopic (exact) mass is 209 g/mol. The number of aliphatic hydroxyl groups excluding tert-OH is 1. The molecule has 83 valence electrons. The van der Waals surface area contributed by atoms with Crippen molar-refractivity contribution in [3.8, 4) is 5.75 Å². The summed E-state index contributed by atoms with van der Waals surface area (Å²) in [7, 11) is 0. The summed E-state index contributed by atoms with van der Waals surface area (Å²) in [5.41, 5.74) is 1.10. The molecule has 0 bridgehead atoms. The van der Waals surface area contributed by atoms with Crippen molar-refractivity contribution in [2.45, 2.75) is 26.2 Å². The van der Waals surface area contributed by atoms with Gasteiger partial charge in [0.05, 0.1) is 6.61 Å². The molecule has 0 amide bonds. The van der Waals surface area contributed by atoms with Gasteiger partial charge in [-0.3, -0.25) is 0 Å². The third-order valence-corrected chi connectivity index (χ3v) is 1.92. The molecular weight excluding hydrogens is 192 g/mol. The van der Waals surface area contributed by atoms with Gasteiger partial charge in [0.2, 0.25) is 6.29 Å². The van der Waals surface area contributed by atoms with Crippen LogP contribution < -0.4 is 4.74 Å². The van der Waals surface area contributed by atoms with E-state index in [-0.39, 0.29) is 6.61 Å². The van der Waals surface area contributed by atoms with Gasteiger partial charge in [-0.1, -0.05) is 12.1 Å². The summed E-state index contributed by atoms with van der Waals surface area (Å²) in [4.78, 5) is 0. The predicted octanol–water partition coefficient (Wildman–Crippen LogP) is 1.93. The maximum atomic E-state index is 9.40. The fraction of sp³-hybridized carbons (Fsp3) is 0.417. The molecule has 0 spiro atoms. The van der Waals surface area contributed by atoms with Crippen molar-refractivity contribution in [2.24, 2.45) is 0 Å². The lowest BCUT2D eigenvalue weighted by Crippen LogP contribution is -2.32. The standard InChI is InChI=1S/C12H17O3/c1-4-14-12(10(3)13)15-11-7-5-6-9(2)8-11/h5-8,10,12-13H,1,4H2,2-3H3. The lowest BCUT2D eigenvalue weighted by atomic mass is 10.2. The molecule has 3 heteroatoms. The number of rotatable bonds is 5. The molecule has 1 N–H and O–H groups in total. The summed E-state index contributed by atoms with van der Waals surface area (Å²) in [6.07, 6.45) is -1.35. The molecule has 2 atom stereocenters. The third-order valence-electron chi connectivity index (χ3n) is 1.92. The van der Waals surface area contributed by atoms with Crippen molar-refractivity contribution in [2.75, 3.05) is 6.61 Å². The Morgan fingerprint density at radius 3 is 2.73 bits per heavy atom. The highest BCUT2D eigenvalue weighted by Crippen LogP contribution is 2.15. The van der Waals surface area contributed by atoms with Gasteiger partial charge in [0, 0.05) is 0 Å². The van der Waals surface area contributed by atoms with E-state index in [0.29, 0.717) is 5.75 Å². The normalized spacial score (nSPS) is 14.7. The number of hydrogen-bond acceptors (Lipinski definition) is 3. The van der Waals surface area contributed by atoms with Gasteiger partial charge >= 0.3 is 0 Å². The lowest BCUT2D eigenvalue weighted by molar-refractivity contribution is -0.132. The second-order valence-electron chi connectivity index (χ2n) is 3.41. The topological polar surface area (TPSA) is 38.7 Å². The number of aryl methyl sites for hydroxylation is 1. The average molecular weight is 209 g/mol. The Balaban J connectivity index is 2.65. The average Bonchev–Trinajstić information content (AvgIpc) is 2.17. The maximum Gasteiger partial charge on any atom is 0.225 e. The lowest BCUT2D eigenvalue weighted by Gasteiger charge is -2.21. The first-order valence-electron chi connectivity index (χ1n) is 4.95. The molecule has 0 fully saturated rings. The fourth-order valence-electron chi connectivity index (χ4n) is 1.21. The number of aliphatic hydroxyl groups is 1. The van der Waals surface area contributed by atoms with Crippen molar-refractivity contribution in [1.29, 1.82) is 0 Å². The van der Waals surface area contributed by atoms with Gasteiger partial charge in [0.1, 0.15) is 11.9 Å². The van der Waals surface area contributed by atoms with Crippen molar-refractivity contribution < 1.29 is 14.6 Å². The molecule has 0 saturated heterocycles. The summed E-state index contributed by atoms with van der Waals surface area (Å²) in [5.74, 6) is 0.689. The Bertz CT molecular complexity index is 297. The van der Waals surface area contributed by atoms with Crippen LogP contribution in [0.2, 0.25) is 0 Å². The zero-order valence-electron chi connectivity index (χ0n) is 9.14. The van der Waals surface area contributed by atoms with Crippen molar-refractivity contribution >= 4 is 0 Å². The van der Waals surface area contributed by atoms with Crippen LogP contribution in [0.4, 0.5) is 0 Å². The Kier molecular flexibility index (Phi) is 4.59. The van der Waals surface area contributed by atoms with Crippen LogP contribution >= 0.6 is 0 Å². The van der Waals surface area contributed by atoms with Crippen LogP contribution in [0.5, 0.6) is 5.75 Å². The van der Waals surface area contributed by atoms with E-state index in [1.807, 2.05) is 31.2 Å². The molecule has 0 saturated carbocycles. The quantitative estimate of drug-likeness (QED) is 0.753. The molecule has 0 heterocycles. The molecule has 1 aromatic carbocycles. The Morgan fingerprint density at radius 1 is 1.47 bits per heavy atom. The van der Waals surface area contributed by atoms with Gasteiger partial charge in [-0.25, -0.2) is 0 Å². The van der Waals surface area contributed by atoms with Crippen LogP contribution in [0.3, 0.4) is 0 Å². The zero-order valence-corrected chi connectivity index (χ0v) is 9.14. The Labute approximate surface area is 90.6 Å². The first kappa shape index (κ1) is 12.0. The van der Waals surface area contributed by atoms with Crippen LogP contribution in [-0.4, -0.2) is 24.1 Å². The molecule has 1 rings (SSSR count). The van der Waals surface area contributed by atoms with Crippen molar-refractivity contribution in [1.82, 2.24) is 0 Å². The van der Waals surface area contributed by atoms with Gasteiger partial charge < -0.3 is 14.6 Å². The highest BCUT2D eigenvalue weighted by atomic mass is 16.7. The minimum absolute atomic E-state index is 0.265. The van der Waals surface area contributed by atoms with Crippen LogP contribution in [-0.2, 0) is 4.74 Å². The van der Waals surface area contributed by atoms with E-state index >= 15 is 0 Å². The Hall–Kier alpha value is -1.06. The molecule has 1 aromatic rings. The summed E-state index contributed by atoms with van der Waals surface area (Å²) < 4.78 is 10.6. The minimum Gasteiger partial charge on any atom is -0.462 e. The summed E-state index contributed by atoms with van der Waals surface area (Å²) >= 11 is 0. The summed E-state index contributed by atoms with van der Waals surface area (Å²) in [6, 6.07) is 7.59. The molecule has 2 unspecified atom stereocenters. The van der Waals surface area contributed by atoms with Crippen molar-refractivity contribution in [3.05, 3.63) is 36.8 Å². The van der Waals surface area contributed by atoms with Gasteiger partial charge in [-0.05, 0) is 38.5 Å². The van der Waals surface area contributed by atoms with E-state index in [2.05, 4.69) is 6.92 Å². The largest absolute Gasteiger partial charge is 0.462 e. The highest BCUT2D eigenvalue weighted by Gasteiger charge is 2.16. The second-order valence-corrected chi connectivity index (χ2v) is 3.41. The molecule has 0 aliphatic heterocycles.